The zero-order chi connectivity index (χ0) is 18.5. The maximum atomic E-state index is 13.6. The number of hydrogen-bond acceptors (Lipinski definition) is 5. The molecule has 26 heavy (non-hydrogen) atoms. The molecule has 4 atom stereocenters. The third kappa shape index (κ3) is 1.34. The fraction of sp³-hybridized carbons (Fsp3) is 0.550. The molecule has 3 heterocycles. The lowest BCUT2D eigenvalue weighted by atomic mass is 9.52. The highest BCUT2D eigenvalue weighted by Gasteiger charge is 2.88. The van der Waals surface area contributed by atoms with Crippen LogP contribution in [0.4, 0.5) is 5.69 Å². The minimum atomic E-state index is -1.21. The van der Waals surface area contributed by atoms with E-state index in [1.807, 2.05) is 31.2 Å². The Kier molecular flexibility index (Phi) is 2.80. The summed E-state index contributed by atoms with van der Waals surface area (Å²) in [7, 11) is 1.72. The summed E-state index contributed by atoms with van der Waals surface area (Å²) < 4.78 is 11.5. The highest BCUT2D eigenvalue weighted by molar-refractivity contribution is 6.16. The van der Waals surface area contributed by atoms with E-state index in [1.165, 1.54) is 0 Å². The van der Waals surface area contributed by atoms with Gasteiger partial charge in [-0.3, -0.25) is 14.4 Å². The molecule has 1 aromatic carbocycles. The predicted molar refractivity (Wildman–Crippen MR) is 91.6 cm³/mol. The van der Waals surface area contributed by atoms with Gasteiger partial charge in [-0.2, -0.15) is 0 Å². The number of para-hydroxylation sites is 1. The molecule has 0 radical (unpaired) electrons. The monoisotopic (exact) mass is 355 g/mol. The first kappa shape index (κ1) is 16.0. The number of ether oxygens (including phenoxy) is 2. The standard InChI is InChI=1S/C20H21NO5/c1-4-25-16(23)13-14-15(22)19(9-10-19)18(2,26-14)20(13)11-7-5-6-8-12(11)21(3)17(20)24/h5-8,13-14H,4,9-10H2,1-3H3/t13-,14+,18+,20+/m0/s1. The number of benzene rings is 1. The summed E-state index contributed by atoms with van der Waals surface area (Å²) in [6.07, 6.45) is 0.495. The predicted octanol–water partition coefficient (Wildman–Crippen LogP) is 1.60. The van der Waals surface area contributed by atoms with E-state index in [4.69, 9.17) is 9.47 Å². The molecule has 1 aliphatic carbocycles. The lowest BCUT2D eigenvalue weighted by Crippen LogP contribution is -2.65. The van der Waals surface area contributed by atoms with Crippen molar-refractivity contribution < 1.29 is 23.9 Å². The summed E-state index contributed by atoms with van der Waals surface area (Å²) >= 11 is 0. The number of Topliss-reactive ketones (excluding diaryl/α,β-unsaturated/α-hetero) is 1. The van der Waals surface area contributed by atoms with Crippen LogP contribution < -0.4 is 4.90 Å². The average molecular weight is 355 g/mol. The molecule has 1 saturated carbocycles. The van der Waals surface area contributed by atoms with Gasteiger partial charge in [-0.15, -0.1) is 0 Å². The highest BCUT2D eigenvalue weighted by atomic mass is 16.6. The van der Waals surface area contributed by atoms with Crippen LogP contribution in [0.3, 0.4) is 0 Å². The normalized spacial score (nSPS) is 38.3. The molecular weight excluding hydrogens is 334 g/mol. The molecule has 6 heteroatoms. The van der Waals surface area contributed by atoms with Gasteiger partial charge in [0.05, 0.1) is 17.6 Å². The van der Waals surface area contributed by atoms with E-state index in [0.29, 0.717) is 12.8 Å². The van der Waals surface area contributed by atoms with Gasteiger partial charge in [0.15, 0.2) is 5.78 Å². The number of amides is 1. The summed E-state index contributed by atoms with van der Waals surface area (Å²) in [5.41, 5.74) is -1.35. The van der Waals surface area contributed by atoms with Crippen LogP contribution in [0.5, 0.6) is 0 Å². The Morgan fingerprint density at radius 2 is 2.00 bits per heavy atom. The first-order chi connectivity index (χ1) is 12.4. The van der Waals surface area contributed by atoms with Crippen molar-refractivity contribution in [1.29, 1.82) is 0 Å². The van der Waals surface area contributed by atoms with Crippen LogP contribution in [0.25, 0.3) is 0 Å². The van der Waals surface area contributed by atoms with E-state index in [1.54, 1.807) is 18.9 Å². The van der Waals surface area contributed by atoms with Gasteiger partial charge < -0.3 is 14.4 Å². The van der Waals surface area contributed by atoms with Crippen LogP contribution in [0, 0.1) is 11.3 Å². The van der Waals surface area contributed by atoms with E-state index in [-0.39, 0.29) is 18.3 Å². The van der Waals surface area contributed by atoms with Crippen LogP contribution >= 0.6 is 0 Å². The van der Waals surface area contributed by atoms with Gasteiger partial charge >= 0.3 is 5.97 Å². The molecule has 3 fully saturated rings. The largest absolute Gasteiger partial charge is 0.466 e. The van der Waals surface area contributed by atoms with E-state index in [2.05, 4.69) is 0 Å². The number of nitrogens with zero attached hydrogens (tertiary/aromatic N) is 1. The molecule has 136 valence electrons. The molecule has 1 amide bonds. The van der Waals surface area contributed by atoms with E-state index < -0.39 is 34.4 Å². The Bertz CT molecular complexity index is 875. The molecule has 2 bridgehead atoms. The molecule has 2 spiro atoms. The molecule has 0 N–H and O–H groups in total. The van der Waals surface area contributed by atoms with Crippen molar-refractivity contribution in [3.05, 3.63) is 29.8 Å². The van der Waals surface area contributed by atoms with Crippen molar-refractivity contribution in [1.82, 2.24) is 0 Å². The van der Waals surface area contributed by atoms with Crippen LogP contribution in [-0.4, -0.2) is 43.0 Å². The average Bonchev–Trinajstić information content (AvgIpc) is 3.30. The maximum Gasteiger partial charge on any atom is 0.313 e. The number of ketones is 1. The zero-order valence-electron chi connectivity index (χ0n) is 15.1. The molecule has 0 unspecified atom stereocenters. The first-order valence-corrected chi connectivity index (χ1v) is 9.13. The van der Waals surface area contributed by atoms with Crippen molar-refractivity contribution in [3.8, 4) is 0 Å². The molecule has 5 rings (SSSR count). The number of esters is 1. The van der Waals surface area contributed by atoms with Crippen LogP contribution in [-0.2, 0) is 29.3 Å². The molecule has 6 nitrogen and oxygen atoms in total. The lowest BCUT2D eigenvalue weighted by Gasteiger charge is -2.45. The molecule has 2 saturated heterocycles. The minimum absolute atomic E-state index is 0.0384. The minimum Gasteiger partial charge on any atom is -0.466 e. The third-order valence-electron chi connectivity index (χ3n) is 7.15. The van der Waals surface area contributed by atoms with E-state index in [0.717, 1.165) is 11.3 Å². The van der Waals surface area contributed by atoms with Crippen LogP contribution in [0.2, 0.25) is 0 Å². The molecule has 3 aliphatic heterocycles. The van der Waals surface area contributed by atoms with Crippen molar-refractivity contribution in [2.75, 3.05) is 18.6 Å². The summed E-state index contributed by atoms with van der Waals surface area (Å²) in [5.74, 6) is -1.68. The molecule has 1 aromatic rings. The number of carbonyl (C=O) groups is 3. The number of carbonyl (C=O) groups excluding carboxylic acids is 3. The van der Waals surface area contributed by atoms with Gasteiger partial charge in [0, 0.05) is 12.7 Å². The number of fused-ring (bicyclic) bond motifs is 6. The van der Waals surface area contributed by atoms with Crippen molar-refractivity contribution in [2.24, 2.45) is 11.3 Å². The second kappa shape index (κ2) is 4.55. The second-order valence-corrected chi connectivity index (χ2v) is 7.94. The lowest BCUT2D eigenvalue weighted by molar-refractivity contribution is -0.158. The van der Waals surface area contributed by atoms with Gasteiger partial charge in [0.1, 0.15) is 17.4 Å². The highest BCUT2D eigenvalue weighted by Crippen LogP contribution is 2.75. The van der Waals surface area contributed by atoms with Gasteiger partial charge in [0.25, 0.3) is 0 Å². The molecule has 0 aromatic heterocycles. The smallest absolute Gasteiger partial charge is 0.313 e. The van der Waals surface area contributed by atoms with Crippen LogP contribution in [0.15, 0.2) is 24.3 Å². The topological polar surface area (TPSA) is 72.9 Å². The van der Waals surface area contributed by atoms with Crippen LogP contribution in [0.1, 0.15) is 32.3 Å². The van der Waals surface area contributed by atoms with Gasteiger partial charge in [-0.25, -0.2) is 0 Å². The fourth-order valence-corrected chi connectivity index (χ4v) is 5.87. The zero-order valence-corrected chi connectivity index (χ0v) is 15.1. The summed E-state index contributed by atoms with van der Waals surface area (Å²) in [5, 5.41) is 0. The van der Waals surface area contributed by atoms with Crippen molar-refractivity contribution in [2.45, 2.75) is 43.8 Å². The number of hydrogen-bond donors (Lipinski definition) is 0. The Morgan fingerprint density at radius 1 is 1.31 bits per heavy atom. The molecular formula is C20H21NO5. The van der Waals surface area contributed by atoms with Crippen molar-refractivity contribution in [3.63, 3.8) is 0 Å². The maximum absolute atomic E-state index is 13.6. The summed E-state index contributed by atoms with van der Waals surface area (Å²) in [6, 6.07) is 7.50. The Labute approximate surface area is 151 Å². The quantitative estimate of drug-likeness (QED) is 0.754. The van der Waals surface area contributed by atoms with Crippen molar-refractivity contribution >= 4 is 23.3 Å². The molecule has 4 aliphatic rings. The number of likely N-dealkylation sites (N-methyl/N-ethyl adjacent to an activating group) is 1. The SMILES string of the molecule is CCOC(=O)[C@@H]1[C@H]2O[C@](C)(C3(CC3)C2=O)[C@@]12C(=O)N(C)c1ccccc12. The van der Waals surface area contributed by atoms with E-state index >= 15 is 0 Å². The van der Waals surface area contributed by atoms with Gasteiger partial charge in [-0.1, -0.05) is 18.2 Å². The summed E-state index contributed by atoms with van der Waals surface area (Å²) in [6.45, 7) is 3.77. The first-order valence-electron chi connectivity index (χ1n) is 9.13. The number of rotatable bonds is 2. The number of anilines is 1. The van der Waals surface area contributed by atoms with Gasteiger partial charge in [-0.05, 0) is 38.3 Å². The Morgan fingerprint density at radius 3 is 2.65 bits per heavy atom. The Balaban J connectivity index is 1.82. The fourth-order valence-electron chi connectivity index (χ4n) is 5.87. The van der Waals surface area contributed by atoms with E-state index in [9.17, 15) is 14.4 Å². The second-order valence-electron chi connectivity index (χ2n) is 7.94. The summed E-state index contributed by atoms with van der Waals surface area (Å²) in [4.78, 5) is 41.3. The third-order valence-corrected chi connectivity index (χ3v) is 7.15. The van der Waals surface area contributed by atoms with Gasteiger partial charge in [0.2, 0.25) is 5.91 Å². The Hall–Kier alpha value is -2.21.